The molecule has 20 heavy (non-hydrogen) atoms. The van der Waals surface area contributed by atoms with Crippen molar-refractivity contribution in [2.24, 2.45) is 10.2 Å². The predicted octanol–water partition coefficient (Wildman–Crippen LogP) is 4.29. The van der Waals surface area contributed by atoms with Gasteiger partial charge < -0.3 is 9.52 Å². The van der Waals surface area contributed by atoms with Gasteiger partial charge in [-0.2, -0.15) is 5.11 Å². The van der Waals surface area contributed by atoms with Gasteiger partial charge in [-0.3, -0.25) is 0 Å². The van der Waals surface area contributed by atoms with Crippen LogP contribution in [0.4, 0.5) is 11.4 Å². The summed E-state index contributed by atoms with van der Waals surface area (Å²) >= 11 is 5.75. The highest BCUT2D eigenvalue weighted by Crippen LogP contribution is 2.41. The summed E-state index contributed by atoms with van der Waals surface area (Å²) in [5.41, 5.74) is -0.339. The number of halogens is 1. The molecule has 1 aliphatic rings. The van der Waals surface area contributed by atoms with Crippen LogP contribution in [0.3, 0.4) is 0 Å². The summed E-state index contributed by atoms with van der Waals surface area (Å²) in [5.74, 6) is 0.551. The van der Waals surface area contributed by atoms with Crippen LogP contribution in [-0.2, 0) is 0 Å². The molecule has 1 aromatic carbocycles. The van der Waals surface area contributed by atoms with Gasteiger partial charge in [-0.05, 0) is 37.1 Å². The monoisotopic (exact) mass is 290 g/mol. The highest BCUT2D eigenvalue weighted by atomic mass is 35.5. The Morgan fingerprint density at radius 3 is 2.50 bits per heavy atom. The van der Waals surface area contributed by atoms with Crippen molar-refractivity contribution in [3.05, 3.63) is 51.5 Å². The molecule has 2 aromatic rings. The number of hydrogen-bond acceptors (Lipinski definition) is 5. The summed E-state index contributed by atoms with van der Waals surface area (Å²) in [6.45, 7) is 0. The molecule has 102 valence electrons. The van der Waals surface area contributed by atoms with Gasteiger partial charge >= 0.3 is 5.63 Å². The van der Waals surface area contributed by atoms with Crippen molar-refractivity contribution in [1.29, 1.82) is 0 Å². The largest absolute Gasteiger partial charge is 0.505 e. The molecule has 0 unspecified atom stereocenters. The fourth-order valence-electron chi connectivity index (χ4n) is 1.77. The van der Waals surface area contributed by atoms with E-state index in [0.29, 0.717) is 16.5 Å². The summed E-state index contributed by atoms with van der Waals surface area (Å²) in [7, 11) is 0. The second kappa shape index (κ2) is 5.09. The molecule has 1 N–H and O–H groups in total. The number of hydrogen-bond donors (Lipinski definition) is 1. The van der Waals surface area contributed by atoms with E-state index < -0.39 is 5.63 Å². The Hall–Kier alpha value is -2.14. The minimum absolute atomic E-state index is 0.190. The maximum absolute atomic E-state index is 11.8. The Bertz CT molecular complexity index is 718. The zero-order valence-corrected chi connectivity index (χ0v) is 11.2. The Kier molecular flexibility index (Phi) is 3.28. The lowest BCUT2D eigenvalue weighted by atomic mass is 10.2. The average Bonchev–Trinajstić information content (AvgIpc) is 3.24. The van der Waals surface area contributed by atoms with Crippen LogP contribution in [0.15, 0.2) is 49.8 Å². The Morgan fingerprint density at radius 2 is 1.90 bits per heavy atom. The van der Waals surface area contributed by atoms with Gasteiger partial charge in [0, 0.05) is 17.0 Å². The average molecular weight is 291 g/mol. The Labute approximate surface area is 119 Å². The van der Waals surface area contributed by atoms with E-state index in [2.05, 4.69) is 10.2 Å². The number of aromatic hydroxyl groups is 1. The molecule has 0 bridgehead atoms. The van der Waals surface area contributed by atoms with Gasteiger partial charge in [0.05, 0.1) is 5.69 Å². The molecule has 0 radical (unpaired) electrons. The molecule has 0 aliphatic heterocycles. The molecule has 3 rings (SSSR count). The van der Waals surface area contributed by atoms with Crippen molar-refractivity contribution >= 4 is 23.0 Å². The first-order valence-corrected chi connectivity index (χ1v) is 6.55. The summed E-state index contributed by atoms with van der Waals surface area (Å²) < 4.78 is 5.13. The number of azo groups is 1. The third-order valence-corrected chi connectivity index (χ3v) is 3.25. The fourth-order valence-corrected chi connectivity index (χ4v) is 1.90. The highest BCUT2D eigenvalue weighted by molar-refractivity contribution is 6.30. The van der Waals surface area contributed by atoms with E-state index in [1.54, 1.807) is 24.3 Å². The Morgan fingerprint density at radius 1 is 1.20 bits per heavy atom. The lowest BCUT2D eigenvalue weighted by Gasteiger charge is -2.00. The lowest BCUT2D eigenvalue weighted by Crippen LogP contribution is -2.00. The molecule has 1 aliphatic carbocycles. The van der Waals surface area contributed by atoms with E-state index in [1.807, 2.05) is 0 Å². The van der Waals surface area contributed by atoms with Crippen LogP contribution < -0.4 is 5.63 Å². The van der Waals surface area contributed by atoms with Gasteiger partial charge in [0.2, 0.25) is 5.69 Å². The van der Waals surface area contributed by atoms with Gasteiger partial charge in [-0.15, -0.1) is 5.11 Å². The standard InChI is InChI=1S/C14H11ClN2O3/c15-9-3-5-10(6-4-9)16-17-13-11(18)7-12(8-1-2-8)20-14(13)19/h3-8,18H,1-2H2. The topological polar surface area (TPSA) is 75.2 Å². The molecule has 1 saturated carbocycles. The molecule has 0 spiro atoms. The van der Waals surface area contributed by atoms with E-state index in [1.165, 1.54) is 6.07 Å². The van der Waals surface area contributed by atoms with E-state index in [-0.39, 0.29) is 17.4 Å². The highest BCUT2D eigenvalue weighted by Gasteiger charge is 2.28. The minimum atomic E-state index is -0.676. The van der Waals surface area contributed by atoms with E-state index in [0.717, 1.165) is 12.8 Å². The molecule has 0 amide bonds. The molecule has 0 saturated heterocycles. The third-order valence-electron chi connectivity index (χ3n) is 3.00. The van der Waals surface area contributed by atoms with Crippen molar-refractivity contribution in [3.63, 3.8) is 0 Å². The normalized spacial score (nSPS) is 14.8. The Balaban J connectivity index is 1.90. The van der Waals surface area contributed by atoms with Gasteiger partial charge in [-0.1, -0.05) is 11.6 Å². The summed E-state index contributed by atoms with van der Waals surface area (Å²) in [6.07, 6.45) is 1.96. The first-order chi connectivity index (χ1) is 9.63. The minimum Gasteiger partial charge on any atom is -0.505 e. The number of rotatable bonds is 3. The van der Waals surface area contributed by atoms with Crippen LogP contribution in [0, 0.1) is 0 Å². The lowest BCUT2D eigenvalue weighted by molar-refractivity contribution is 0.426. The van der Waals surface area contributed by atoms with Crippen molar-refractivity contribution in [2.45, 2.75) is 18.8 Å². The SMILES string of the molecule is O=c1oc(C2CC2)cc(O)c1N=Nc1ccc(Cl)cc1. The van der Waals surface area contributed by atoms with Gasteiger partial charge in [-0.25, -0.2) is 4.79 Å². The molecule has 1 aromatic heterocycles. The molecule has 5 nitrogen and oxygen atoms in total. The van der Waals surface area contributed by atoms with Crippen LogP contribution in [0.1, 0.15) is 24.5 Å². The van der Waals surface area contributed by atoms with E-state index in [9.17, 15) is 9.90 Å². The van der Waals surface area contributed by atoms with Crippen molar-refractivity contribution in [1.82, 2.24) is 0 Å². The third kappa shape index (κ3) is 2.72. The molecular formula is C14H11ClN2O3. The zero-order chi connectivity index (χ0) is 14.1. The van der Waals surface area contributed by atoms with Crippen LogP contribution >= 0.6 is 11.6 Å². The molecular weight excluding hydrogens is 280 g/mol. The summed E-state index contributed by atoms with van der Waals surface area (Å²) in [4.78, 5) is 11.8. The summed E-state index contributed by atoms with van der Waals surface area (Å²) in [5, 5.41) is 18.0. The second-order valence-electron chi connectivity index (χ2n) is 4.62. The van der Waals surface area contributed by atoms with E-state index in [4.69, 9.17) is 16.0 Å². The van der Waals surface area contributed by atoms with Gasteiger partial charge in [0.15, 0.2) is 5.75 Å². The fraction of sp³-hybridized carbons (Fsp3) is 0.214. The smallest absolute Gasteiger partial charge is 0.367 e. The van der Waals surface area contributed by atoms with E-state index >= 15 is 0 Å². The predicted molar refractivity (Wildman–Crippen MR) is 74.2 cm³/mol. The van der Waals surface area contributed by atoms with Crippen molar-refractivity contribution in [2.75, 3.05) is 0 Å². The maximum Gasteiger partial charge on any atom is 0.367 e. The van der Waals surface area contributed by atoms with Gasteiger partial charge in [0.1, 0.15) is 5.76 Å². The molecule has 0 atom stereocenters. The second-order valence-corrected chi connectivity index (χ2v) is 5.06. The van der Waals surface area contributed by atoms with Crippen LogP contribution in [0.25, 0.3) is 0 Å². The molecule has 1 heterocycles. The van der Waals surface area contributed by atoms with Crippen molar-refractivity contribution < 1.29 is 9.52 Å². The zero-order valence-electron chi connectivity index (χ0n) is 10.4. The quantitative estimate of drug-likeness (QED) is 0.857. The van der Waals surface area contributed by atoms with Crippen LogP contribution in [0.5, 0.6) is 5.75 Å². The number of benzene rings is 1. The summed E-state index contributed by atoms with van der Waals surface area (Å²) in [6, 6.07) is 8.07. The molecule has 1 fully saturated rings. The van der Waals surface area contributed by atoms with Crippen LogP contribution in [0.2, 0.25) is 5.02 Å². The molecule has 6 heteroatoms. The van der Waals surface area contributed by atoms with Gasteiger partial charge in [0.25, 0.3) is 0 Å². The van der Waals surface area contributed by atoms with Crippen molar-refractivity contribution in [3.8, 4) is 5.75 Å². The first-order valence-electron chi connectivity index (χ1n) is 6.18. The number of nitrogens with zero attached hydrogens (tertiary/aromatic N) is 2. The van der Waals surface area contributed by atoms with Crippen LogP contribution in [-0.4, -0.2) is 5.11 Å². The first kappa shape index (κ1) is 12.9. The maximum atomic E-state index is 11.8.